The molecule has 1 N–H and O–H groups in total. The number of hydrogen-bond acceptors (Lipinski definition) is 3. The number of amides is 1. The van der Waals surface area contributed by atoms with Crippen LogP contribution in [0.3, 0.4) is 0 Å². The maximum Gasteiger partial charge on any atom is 0.257 e. The minimum absolute atomic E-state index is 0.132. The highest BCUT2D eigenvalue weighted by molar-refractivity contribution is 6.05. The number of aryl methyl sites for hydroxylation is 1. The number of hydrogen-bond donors (Lipinski definition) is 1. The molecule has 0 aliphatic carbocycles. The predicted octanol–water partition coefficient (Wildman–Crippen LogP) is 4.59. The summed E-state index contributed by atoms with van der Waals surface area (Å²) in [6.45, 7) is 2.99. The van der Waals surface area contributed by atoms with E-state index in [0.29, 0.717) is 5.56 Å². The van der Waals surface area contributed by atoms with Crippen molar-refractivity contribution >= 4 is 23.0 Å². The van der Waals surface area contributed by atoms with Crippen molar-refractivity contribution < 1.29 is 4.79 Å². The van der Waals surface area contributed by atoms with Gasteiger partial charge in [0.15, 0.2) is 0 Å². The zero-order valence-corrected chi connectivity index (χ0v) is 14.8. The predicted molar refractivity (Wildman–Crippen MR) is 105 cm³/mol. The summed E-state index contributed by atoms with van der Waals surface area (Å²) in [4.78, 5) is 19.3. The average molecular weight is 343 g/mol. The Hall–Kier alpha value is -3.14. The Bertz CT molecular complexity index is 951. The largest absolute Gasteiger partial charge is 0.340 e. The number of para-hydroxylation sites is 2. The third-order valence-electron chi connectivity index (χ3n) is 4.83. The molecule has 0 unspecified atom stereocenters. The second-order valence-corrected chi connectivity index (χ2v) is 6.43. The number of aromatic nitrogens is 1. The molecular weight excluding hydrogens is 322 g/mol. The number of fused-ring (bicyclic) bond motifs is 1. The molecule has 0 spiro atoms. The Labute approximate surface area is 153 Å². The molecule has 0 saturated carbocycles. The van der Waals surface area contributed by atoms with Crippen molar-refractivity contribution in [2.24, 2.45) is 0 Å². The lowest BCUT2D eigenvalue weighted by Gasteiger charge is -2.19. The molecule has 1 aliphatic heterocycles. The maximum atomic E-state index is 12.7. The Morgan fingerprint density at radius 2 is 1.92 bits per heavy atom. The van der Waals surface area contributed by atoms with Gasteiger partial charge in [0.25, 0.3) is 5.91 Å². The van der Waals surface area contributed by atoms with Crippen molar-refractivity contribution in [2.45, 2.75) is 19.8 Å². The van der Waals surface area contributed by atoms with E-state index in [1.54, 1.807) is 6.20 Å². The van der Waals surface area contributed by atoms with Crippen LogP contribution < -0.4 is 10.2 Å². The lowest BCUT2D eigenvalue weighted by molar-refractivity contribution is 0.102. The van der Waals surface area contributed by atoms with Crippen molar-refractivity contribution in [1.82, 2.24) is 4.98 Å². The molecule has 26 heavy (non-hydrogen) atoms. The fourth-order valence-electron chi connectivity index (χ4n) is 3.45. The van der Waals surface area contributed by atoms with Crippen LogP contribution >= 0.6 is 0 Å². The highest BCUT2D eigenvalue weighted by Gasteiger charge is 2.21. The first-order valence-electron chi connectivity index (χ1n) is 8.96. The van der Waals surface area contributed by atoms with Gasteiger partial charge in [-0.3, -0.25) is 9.78 Å². The second kappa shape index (κ2) is 7.00. The minimum atomic E-state index is -0.132. The van der Waals surface area contributed by atoms with Crippen LogP contribution in [0.1, 0.15) is 28.4 Å². The smallest absolute Gasteiger partial charge is 0.257 e. The van der Waals surface area contributed by atoms with Crippen LogP contribution in [0.2, 0.25) is 0 Å². The van der Waals surface area contributed by atoms with Crippen LogP contribution in [0.5, 0.6) is 0 Å². The molecule has 1 aliphatic rings. The molecule has 4 heteroatoms. The molecular formula is C22H21N3O. The van der Waals surface area contributed by atoms with Crippen molar-refractivity contribution in [3.63, 3.8) is 0 Å². The Morgan fingerprint density at radius 3 is 2.81 bits per heavy atom. The molecule has 0 bridgehead atoms. The first kappa shape index (κ1) is 16.3. The van der Waals surface area contributed by atoms with E-state index < -0.39 is 0 Å². The molecule has 4 rings (SSSR count). The molecule has 0 fully saturated rings. The van der Waals surface area contributed by atoms with Crippen molar-refractivity contribution in [3.05, 3.63) is 83.7 Å². The normalized spacial score (nSPS) is 12.7. The van der Waals surface area contributed by atoms with Crippen LogP contribution in [-0.4, -0.2) is 17.4 Å². The maximum absolute atomic E-state index is 12.7. The van der Waals surface area contributed by atoms with E-state index in [1.807, 2.05) is 42.6 Å². The van der Waals surface area contributed by atoms with Crippen molar-refractivity contribution in [3.8, 4) is 0 Å². The van der Waals surface area contributed by atoms with Crippen LogP contribution in [0.15, 0.2) is 67.0 Å². The molecule has 1 aromatic heterocycles. The zero-order valence-electron chi connectivity index (χ0n) is 14.8. The van der Waals surface area contributed by atoms with Gasteiger partial charge in [-0.15, -0.1) is 0 Å². The summed E-state index contributed by atoms with van der Waals surface area (Å²) in [7, 11) is 0. The van der Waals surface area contributed by atoms with E-state index in [-0.39, 0.29) is 5.91 Å². The second-order valence-electron chi connectivity index (χ2n) is 6.43. The van der Waals surface area contributed by atoms with E-state index in [1.165, 1.54) is 11.3 Å². The molecule has 1 amide bonds. The summed E-state index contributed by atoms with van der Waals surface area (Å²) >= 11 is 0. The van der Waals surface area contributed by atoms with Crippen molar-refractivity contribution in [1.29, 1.82) is 0 Å². The van der Waals surface area contributed by atoms with E-state index in [2.05, 4.69) is 40.3 Å². The van der Waals surface area contributed by atoms with Gasteiger partial charge in [0.1, 0.15) is 0 Å². The topological polar surface area (TPSA) is 45.2 Å². The van der Waals surface area contributed by atoms with Gasteiger partial charge in [0.05, 0.1) is 17.4 Å². The number of anilines is 3. The van der Waals surface area contributed by atoms with Gasteiger partial charge >= 0.3 is 0 Å². The van der Waals surface area contributed by atoms with Crippen molar-refractivity contribution in [2.75, 3.05) is 16.8 Å². The lowest BCUT2D eigenvalue weighted by atomic mass is 10.1. The van der Waals surface area contributed by atoms with Gasteiger partial charge in [-0.1, -0.05) is 43.3 Å². The van der Waals surface area contributed by atoms with Gasteiger partial charge < -0.3 is 10.2 Å². The van der Waals surface area contributed by atoms with E-state index in [0.717, 1.165) is 36.3 Å². The fourth-order valence-corrected chi connectivity index (χ4v) is 3.45. The molecule has 2 heterocycles. The van der Waals surface area contributed by atoms with Crippen LogP contribution in [-0.2, 0) is 12.8 Å². The molecule has 3 aromatic rings. The number of nitrogens with zero attached hydrogens (tertiary/aromatic N) is 2. The van der Waals surface area contributed by atoms with Gasteiger partial charge in [-0.2, -0.15) is 0 Å². The number of benzene rings is 2. The van der Waals surface area contributed by atoms with E-state index in [4.69, 9.17) is 0 Å². The van der Waals surface area contributed by atoms with Crippen LogP contribution in [0.25, 0.3) is 0 Å². The summed E-state index contributed by atoms with van der Waals surface area (Å²) < 4.78 is 0. The van der Waals surface area contributed by atoms with Crippen LogP contribution in [0, 0.1) is 0 Å². The molecule has 2 aromatic carbocycles. The summed E-state index contributed by atoms with van der Waals surface area (Å²) in [6.07, 6.45) is 5.32. The third-order valence-corrected chi connectivity index (χ3v) is 4.83. The summed E-state index contributed by atoms with van der Waals surface area (Å²) in [6, 6.07) is 18.2. The van der Waals surface area contributed by atoms with Crippen LogP contribution in [0.4, 0.5) is 17.1 Å². The SMILES string of the molecule is CCc1ccccc1NC(=O)c1cncc(N2CCc3ccccc32)c1. The number of carbonyl (C=O) groups is 1. The molecule has 0 radical (unpaired) electrons. The fraction of sp³-hybridized carbons (Fsp3) is 0.182. The number of pyridine rings is 1. The van der Waals surface area contributed by atoms with Gasteiger partial charge in [-0.05, 0) is 42.2 Å². The zero-order chi connectivity index (χ0) is 17.9. The Kier molecular flexibility index (Phi) is 4.40. The standard InChI is InChI=1S/C22H21N3O/c1-2-16-7-3-5-9-20(16)24-22(26)18-13-19(15-23-14-18)25-12-11-17-8-4-6-10-21(17)25/h3-10,13-15H,2,11-12H2,1H3,(H,24,26). The monoisotopic (exact) mass is 343 g/mol. The minimum Gasteiger partial charge on any atom is -0.340 e. The highest BCUT2D eigenvalue weighted by Crippen LogP contribution is 2.34. The van der Waals surface area contributed by atoms with Gasteiger partial charge in [0, 0.05) is 24.1 Å². The first-order chi connectivity index (χ1) is 12.8. The summed E-state index contributed by atoms with van der Waals surface area (Å²) in [5, 5.41) is 3.02. The highest BCUT2D eigenvalue weighted by atomic mass is 16.1. The summed E-state index contributed by atoms with van der Waals surface area (Å²) in [5.41, 5.74) is 6.03. The Morgan fingerprint density at radius 1 is 1.12 bits per heavy atom. The quantitative estimate of drug-likeness (QED) is 0.753. The summed E-state index contributed by atoms with van der Waals surface area (Å²) in [5.74, 6) is -0.132. The Balaban J connectivity index is 1.59. The van der Waals surface area contributed by atoms with Gasteiger partial charge in [0.2, 0.25) is 0 Å². The number of nitrogens with one attached hydrogen (secondary N) is 1. The van der Waals surface area contributed by atoms with E-state index >= 15 is 0 Å². The molecule has 0 saturated heterocycles. The molecule has 0 atom stereocenters. The molecule has 4 nitrogen and oxygen atoms in total. The molecule has 130 valence electrons. The number of carbonyl (C=O) groups excluding carboxylic acids is 1. The van der Waals surface area contributed by atoms with E-state index in [9.17, 15) is 4.79 Å². The first-order valence-corrected chi connectivity index (χ1v) is 8.96. The average Bonchev–Trinajstić information content (AvgIpc) is 3.12. The number of rotatable bonds is 4. The third kappa shape index (κ3) is 3.06. The van der Waals surface area contributed by atoms with Gasteiger partial charge in [-0.25, -0.2) is 0 Å². The lowest BCUT2D eigenvalue weighted by Crippen LogP contribution is -2.17.